The van der Waals surface area contributed by atoms with Crippen molar-refractivity contribution in [3.63, 3.8) is 0 Å². The molecule has 0 aromatic carbocycles. The minimum absolute atomic E-state index is 0.0606. The van der Waals surface area contributed by atoms with E-state index in [9.17, 15) is 39.5 Å². The Morgan fingerprint density at radius 2 is 1.84 bits per heavy atom. The molecule has 4 heterocycles. The number of aliphatic imine (C=N–C) groups is 1. The quantitative estimate of drug-likeness (QED) is 0.550. The Labute approximate surface area is 172 Å². The molecule has 0 radical (unpaired) electrons. The van der Waals surface area contributed by atoms with Crippen molar-refractivity contribution < 1.29 is 44.3 Å². The number of pyridine rings is 1. The molecule has 1 aromatic rings. The first-order chi connectivity index (χ1) is 14.3. The first-order valence-electron chi connectivity index (χ1n) is 8.53. The number of rotatable bonds is 2. The van der Waals surface area contributed by atoms with Crippen molar-refractivity contribution in [1.29, 1.82) is 0 Å². The normalized spacial score (nSPS) is 23.4. The van der Waals surface area contributed by atoms with Crippen molar-refractivity contribution in [2.24, 2.45) is 4.99 Å². The van der Waals surface area contributed by atoms with E-state index in [1.807, 2.05) is 0 Å². The number of allylic oxidation sites excluding steroid dienone is 2. The predicted octanol–water partition coefficient (Wildman–Crippen LogP) is 5.23. The number of aromatic nitrogens is 1. The number of amidine groups is 1. The van der Waals surface area contributed by atoms with Gasteiger partial charge in [-0.05, 0) is 12.5 Å². The number of hydrogen-bond donors (Lipinski definition) is 0. The molecule has 31 heavy (non-hydrogen) atoms. The second kappa shape index (κ2) is 7.07. The minimum Gasteiger partial charge on any atom is -0.431 e. The highest BCUT2D eigenvalue weighted by atomic mass is 32.2. The monoisotopic (exact) mass is 475 g/mol. The summed E-state index contributed by atoms with van der Waals surface area (Å²) in [5.41, 5.74) is -4.54. The molecule has 3 aliphatic heterocycles. The Morgan fingerprint density at radius 1 is 1.13 bits per heavy atom. The van der Waals surface area contributed by atoms with E-state index in [4.69, 9.17) is 0 Å². The molecular formula is C17H10F9N3OS. The highest BCUT2D eigenvalue weighted by Crippen LogP contribution is 2.49. The molecule has 0 bridgehead atoms. The highest BCUT2D eigenvalue weighted by Gasteiger charge is 2.50. The predicted molar refractivity (Wildman–Crippen MR) is 89.7 cm³/mol. The van der Waals surface area contributed by atoms with Crippen molar-refractivity contribution >= 4 is 17.6 Å². The Bertz CT molecular complexity index is 1020. The van der Waals surface area contributed by atoms with Gasteiger partial charge in [-0.15, -0.1) is 11.8 Å². The van der Waals surface area contributed by atoms with Crippen LogP contribution in [0.25, 0.3) is 0 Å². The summed E-state index contributed by atoms with van der Waals surface area (Å²) in [5.74, 6) is -2.71. The SMILES string of the molecule is Fc1c(C(F)(F)F)ncc2c1SCC[C@@]21CN2C=C(C(F)(F)F)C=C(OC(F)F)C2=N1. The molecule has 1 aromatic heterocycles. The lowest BCUT2D eigenvalue weighted by Gasteiger charge is -2.33. The first kappa shape index (κ1) is 21.8. The second-order valence-corrected chi connectivity index (χ2v) is 7.93. The van der Waals surface area contributed by atoms with Gasteiger partial charge in [-0.2, -0.15) is 35.1 Å². The summed E-state index contributed by atoms with van der Waals surface area (Å²) >= 11 is 0.792. The Kier molecular flexibility index (Phi) is 4.98. The Hall–Kier alpha value is -2.38. The van der Waals surface area contributed by atoms with Crippen LogP contribution in [0, 0.1) is 5.82 Å². The van der Waals surface area contributed by atoms with E-state index in [-0.39, 0.29) is 35.0 Å². The Morgan fingerprint density at radius 3 is 2.45 bits per heavy atom. The fourth-order valence-electron chi connectivity index (χ4n) is 3.59. The van der Waals surface area contributed by atoms with Gasteiger partial charge >= 0.3 is 19.0 Å². The largest absolute Gasteiger partial charge is 0.436 e. The summed E-state index contributed by atoms with van der Waals surface area (Å²) in [5, 5.41) is 0. The molecule has 0 aliphatic carbocycles. The fraction of sp³-hybridized carbons (Fsp3) is 0.412. The van der Waals surface area contributed by atoms with Gasteiger partial charge in [0.05, 0.1) is 17.0 Å². The molecule has 0 saturated carbocycles. The summed E-state index contributed by atoms with van der Waals surface area (Å²) in [6.45, 7) is -3.78. The van der Waals surface area contributed by atoms with Crippen molar-refractivity contribution in [3.05, 3.63) is 46.9 Å². The second-order valence-electron chi connectivity index (χ2n) is 6.82. The number of fused-ring (bicyclic) bond motifs is 3. The lowest BCUT2D eigenvalue weighted by molar-refractivity contribution is -0.144. The summed E-state index contributed by atoms with van der Waals surface area (Å²) in [6.07, 6.45) is -8.04. The number of hydrogen-bond acceptors (Lipinski definition) is 5. The van der Waals surface area contributed by atoms with Crippen LogP contribution in [0.15, 0.2) is 39.7 Å². The molecule has 4 rings (SSSR count). The molecule has 0 saturated heterocycles. The van der Waals surface area contributed by atoms with E-state index in [0.717, 1.165) is 22.9 Å². The number of ether oxygens (including phenoxy) is 1. The van der Waals surface area contributed by atoms with Gasteiger partial charge in [0, 0.05) is 23.7 Å². The lowest BCUT2D eigenvalue weighted by Crippen LogP contribution is -2.37. The van der Waals surface area contributed by atoms with Crippen LogP contribution in [0.3, 0.4) is 0 Å². The molecule has 1 atom stereocenters. The molecule has 1 spiro atoms. The van der Waals surface area contributed by atoms with E-state index in [1.165, 1.54) is 0 Å². The molecule has 14 heteroatoms. The maximum atomic E-state index is 14.6. The molecule has 3 aliphatic rings. The third-order valence-electron chi connectivity index (χ3n) is 4.88. The zero-order chi connectivity index (χ0) is 22.8. The lowest BCUT2D eigenvalue weighted by atomic mass is 9.88. The van der Waals surface area contributed by atoms with E-state index in [1.54, 1.807) is 0 Å². The maximum absolute atomic E-state index is 14.6. The molecule has 4 nitrogen and oxygen atoms in total. The molecular weight excluding hydrogens is 465 g/mol. The van der Waals surface area contributed by atoms with Crippen molar-refractivity contribution in [3.8, 4) is 0 Å². The van der Waals surface area contributed by atoms with Crippen LogP contribution in [-0.2, 0) is 16.5 Å². The number of alkyl halides is 8. The highest BCUT2D eigenvalue weighted by molar-refractivity contribution is 7.99. The number of nitrogens with zero attached hydrogens (tertiary/aromatic N) is 3. The van der Waals surface area contributed by atoms with Gasteiger partial charge in [0.2, 0.25) is 0 Å². The van der Waals surface area contributed by atoms with Gasteiger partial charge in [-0.1, -0.05) is 0 Å². The molecule has 168 valence electrons. The summed E-state index contributed by atoms with van der Waals surface area (Å²) < 4.78 is 123. The smallest absolute Gasteiger partial charge is 0.431 e. The van der Waals surface area contributed by atoms with Crippen molar-refractivity contribution in [2.45, 2.75) is 35.8 Å². The van der Waals surface area contributed by atoms with E-state index in [0.29, 0.717) is 12.3 Å². The van der Waals surface area contributed by atoms with Crippen molar-refractivity contribution in [2.75, 3.05) is 12.3 Å². The maximum Gasteiger partial charge on any atom is 0.436 e. The molecule has 0 unspecified atom stereocenters. The van der Waals surface area contributed by atoms with Gasteiger partial charge in [0.25, 0.3) is 0 Å². The van der Waals surface area contributed by atoms with Gasteiger partial charge in [-0.3, -0.25) is 4.99 Å². The van der Waals surface area contributed by atoms with Crippen LogP contribution in [0.1, 0.15) is 17.7 Å². The zero-order valence-electron chi connectivity index (χ0n) is 15.0. The summed E-state index contributed by atoms with van der Waals surface area (Å²) in [7, 11) is 0. The van der Waals surface area contributed by atoms with E-state index < -0.39 is 47.3 Å². The van der Waals surface area contributed by atoms with Crippen LogP contribution < -0.4 is 0 Å². The molecule has 0 N–H and O–H groups in total. The third kappa shape index (κ3) is 3.74. The number of thioether (sulfide) groups is 1. The van der Waals surface area contributed by atoms with Crippen LogP contribution in [0.4, 0.5) is 39.5 Å². The van der Waals surface area contributed by atoms with Gasteiger partial charge in [-0.25, -0.2) is 9.37 Å². The molecule has 0 fully saturated rings. The zero-order valence-corrected chi connectivity index (χ0v) is 15.8. The van der Waals surface area contributed by atoms with E-state index in [2.05, 4.69) is 14.7 Å². The van der Waals surface area contributed by atoms with E-state index >= 15 is 0 Å². The third-order valence-corrected chi connectivity index (χ3v) is 5.97. The average molecular weight is 475 g/mol. The standard InChI is InChI=1S/C17H10F9N3OS/c18-10-11-8(4-27-12(10)17(24,25)26)15(1-2-31-11)6-29-5-7(16(21,22)23)3-9(13(29)28-15)30-14(19)20/h3-5,14H,1-2,6H2/t15-/m1/s1. The average Bonchev–Trinajstić information content (AvgIpc) is 2.99. The van der Waals surface area contributed by atoms with Crippen LogP contribution in [0.5, 0.6) is 0 Å². The summed E-state index contributed by atoms with van der Waals surface area (Å²) in [4.78, 5) is 7.94. The Balaban J connectivity index is 1.82. The number of halogens is 9. The van der Waals surface area contributed by atoms with Crippen LogP contribution >= 0.6 is 11.8 Å². The van der Waals surface area contributed by atoms with Gasteiger partial charge in [0.1, 0.15) is 5.54 Å². The molecule has 0 amide bonds. The minimum atomic E-state index is -5.05. The summed E-state index contributed by atoms with van der Waals surface area (Å²) in [6, 6.07) is 0. The first-order valence-corrected chi connectivity index (χ1v) is 9.52. The van der Waals surface area contributed by atoms with Crippen LogP contribution in [-0.4, -0.2) is 40.8 Å². The topological polar surface area (TPSA) is 37.7 Å². The van der Waals surface area contributed by atoms with Gasteiger partial charge in [0.15, 0.2) is 23.1 Å². The van der Waals surface area contributed by atoms with Gasteiger partial charge < -0.3 is 9.64 Å². The fourth-order valence-corrected chi connectivity index (χ4v) is 4.85. The van der Waals surface area contributed by atoms with Crippen LogP contribution in [0.2, 0.25) is 0 Å². The van der Waals surface area contributed by atoms with Crippen molar-refractivity contribution in [1.82, 2.24) is 9.88 Å².